The highest BCUT2D eigenvalue weighted by molar-refractivity contribution is 5.74. The van der Waals surface area contributed by atoms with Gasteiger partial charge in [0, 0.05) is 19.1 Å². The van der Waals surface area contributed by atoms with Crippen molar-refractivity contribution in [1.29, 1.82) is 0 Å². The Bertz CT molecular complexity index is 472. The third-order valence-electron chi connectivity index (χ3n) is 3.27. The lowest BCUT2D eigenvalue weighted by atomic mass is 10.2. The van der Waals surface area contributed by atoms with Crippen molar-refractivity contribution in [3.05, 3.63) is 23.8 Å². The van der Waals surface area contributed by atoms with Gasteiger partial charge in [0.2, 0.25) is 0 Å². The van der Waals surface area contributed by atoms with Gasteiger partial charge in [-0.05, 0) is 44.4 Å². The fourth-order valence-electron chi connectivity index (χ4n) is 1.97. The van der Waals surface area contributed by atoms with E-state index in [9.17, 15) is 9.90 Å². The summed E-state index contributed by atoms with van der Waals surface area (Å²) in [5, 5.41) is 12.7. The molecule has 1 aliphatic rings. The van der Waals surface area contributed by atoms with Crippen LogP contribution in [0.2, 0.25) is 0 Å². The molecule has 0 saturated heterocycles. The summed E-state index contributed by atoms with van der Waals surface area (Å²) >= 11 is 0. The number of amides is 2. The maximum atomic E-state index is 12.0. The SMILES string of the molecule is CCOc1cc(CN(CC)C(=O)NC2CC2)ccc1O. The van der Waals surface area contributed by atoms with Gasteiger partial charge in [0.05, 0.1) is 6.61 Å². The minimum atomic E-state index is -0.0268. The van der Waals surface area contributed by atoms with Gasteiger partial charge in [-0.2, -0.15) is 0 Å². The molecule has 20 heavy (non-hydrogen) atoms. The van der Waals surface area contributed by atoms with Crippen LogP contribution in [0.4, 0.5) is 4.79 Å². The van der Waals surface area contributed by atoms with E-state index in [1.165, 1.54) is 0 Å². The smallest absolute Gasteiger partial charge is 0.317 e. The summed E-state index contributed by atoms with van der Waals surface area (Å²) in [4.78, 5) is 13.8. The molecule has 5 nitrogen and oxygen atoms in total. The first-order valence-electron chi connectivity index (χ1n) is 7.14. The summed E-state index contributed by atoms with van der Waals surface area (Å²) in [6.07, 6.45) is 2.16. The van der Waals surface area contributed by atoms with Crippen LogP contribution in [0.1, 0.15) is 32.3 Å². The third-order valence-corrected chi connectivity index (χ3v) is 3.27. The Morgan fingerprint density at radius 1 is 1.45 bits per heavy atom. The number of ether oxygens (including phenoxy) is 1. The molecule has 0 unspecified atom stereocenters. The molecule has 0 aromatic heterocycles. The van der Waals surface area contributed by atoms with E-state index in [1.807, 2.05) is 19.9 Å². The van der Waals surface area contributed by atoms with Crippen molar-refractivity contribution < 1.29 is 14.6 Å². The van der Waals surface area contributed by atoms with Crippen LogP contribution in [0, 0.1) is 0 Å². The lowest BCUT2D eigenvalue weighted by Gasteiger charge is -2.22. The minimum absolute atomic E-state index is 0.0268. The highest BCUT2D eigenvalue weighted by atomic mass is 16.5. The summed E-state index contributed by atoms with van der Waals surface area (Å²) in [6, 6.07) is 5.53. The molecular formula is C15H22N2O3. The average Bonchev–Trinajstić information content (AvgIpc) is 3.23. The maximum absolute atomic E-state index is 12.0. The number of urea groups is 1. The van der Waals surface area contributed by atoms with E-state index in [-0.39, 0.29) is 11.8 Å². The molecule has 0 radical (unpaired) electrons. The average molecular weight is 278 g/mol. The number of phenols is 1. The highest BCUT2D eigenvalue weighted by Crippen LogP contribution is 2.27. The first kappa shape index (κ1) is 14.5. The zero-order chi connectivity index (χ0) is 14.5. The van der Waals surface area contributed by atoms with Gasteiger partial charge in [0.1, 0.15) is 0 Å². The fraction of sp³-hybridized carbons (Fsp3) is 0.533. The van der Waals surface area contributed by atoms with Crippen molar-refractivity contribution in [1.82, 2.24) is 10.2 Å². The predicted octanol–water partition coefficient (Wildman–Crippen LogP) is 2.48. The summed E-state index contributed by atoms with van der Waals surface area (Å²) in [7, 11) is 0. The highest BCUT2D eigenvalue weighted by Gasteiger charge is 2.25. The quantitative estimate of drug-likeness (QED) is 0.840. The van der Waals surface area contributed by atoms with Crippen LogP contribution in [0.5, 0.6) is 11.5 Å². The Morgan fingerprint density at radius 2 is 2.20 bits per heavy atom. The van der Waals surface area contributed by atoms with Crippen molar-refractivity contribution in [2.45, 2.75) is 39.3 Å². The van der Waals surface area contributed by atoms with Gasteiger partial charge in [-0.3, -0.25) is 0 Å². The van der Waals surface area contributed by atoms with Gasteiger partial charge in [0.15, 0.2) is 11.5 Å². The topological polar surface area (TPSA) is 61.8 Å². The summed E-state index contributed by atoms with van der Waals surface area (Å²) < 4.78 is 5.36. The van der Waals surface area contributed by atoms with E-state index >= 15 is 0 Å². The molecule has 0 spiro atoms. The Morgan fingerprint density at radius 3 is 2.80 bits per heavy atom. The molecule has 5 heteroatoms. The van der Waals surface area contributed by atoms with Crippen molar-refractivity contribution in [3.63, 3.8) is 0 Å². The zero-order valence-corrected chi connectivity index (χ0v) is 12.1. The van der Waals surface area contributed by atoms with Crippen LogP contribution in [0.25, 0.3) is 0 Å². The maximum Gasteiger partial charge on any atom is 0.317 e. The number of hydrogen-bond acceptors (Lipinski definition) is 3. The Labute approximate surface area is 119 Å². The molecule has 1 aliphatic carbocycles. The van der Waals surface area contributed by atoms with Crippen LogP contribution in [0.3, 0.4) is 0 Å². The van der Waals surface area contributed by atoms with E-state index in [2.05, 4.69) is 5.32 Å². The van der Waals surface area contributed by atoms with Crippen LogP contribution >= 0.6 is 0 Å². The molecule has 1 fully saturated rings. The first-order valence-corrected chi connectivity index (χ1v) is 7.14. The predicted molar refractivity (Wildman–Crippen MR) is 76.9 cm³/mol. The number of hydrogen-bond donors (Lipinski definition) is 2. The number of rotatable bonds is 6. The standard InChI is InChI=1S/C15H22N2O3/c1-3-17(15(19)16-12-6-7-12)10-11-5-8-13(18)14(9-11)20-4-2/h5,8-9,12,18H,3-4,6-7,10H2,1-2H3,(H,16,19). The normalized spacial score (nSPS) is 13.9. The first-order chi connectivity index (χ1) is 9.63. The zero-order valence-electron chi connectivity index (χ0n) is 12.1. The monoisotopic (exact) mass is 278 g/mol. The fourth-order valence-corrected chi connectivity index (χ4v) is 1.97. The number of aromatic hydroxyl groups is 1. The number of carbonyl (C=O) groups is 1. The van der Waals surface area contributed by atoms with Gasteiger partial charge >= 0.3 is 6.03 Å². The molecule has 1 saturated carbocycles. The lowest BCUT2D eigenvalue weighted by Crippen LogP contribution is -2.40. The van der Waals surface area contributed by atoms with Crippen LogP contribution in [-0.2, 0) is 6.54 Å². The molecule has 2 amide bonds. The van der Waals surface area contributed by atoms with Crippen LogP contribution < -0.4 is 10.1 Å². The van der Waals surface area contributed by atoms with E-state index in [4.69, 9.17) is 4.74 Å². The van der Waals surface area contributed by atoms with Crippen LogP contribution in [-0.4, -0.2) is 35.2 Å². The van der Waals surface area contributed by atoms with Gasteiger partial charge < -0.3 is 20.1 Å². The molecule has 110 valence electrons. The van der Waals surface area contributed by atoms with E-state index in [1.54, 1.807) is 17.0 Å². The van der Waals surface area contributed by atoms with Crippen molar-refractivity contribution in [2.24, 2.45) is 0 Å². The second kappa shape index (κ2) is 6.50. The third kappa shape index (κ3) is 3.79. The summed E-state index contributed by atoms with van der Waals surface area (Å²) in [6.45, 7) is 5.47. The lowest BCUT2D eigenvalue weighted by molar-refractivity contribution is 0.197. The molecule has 2 rings (SSSR count). The molecule has 0 heterocycles. The number of phenolic OH excluding ortho intramolecular Hbond substituents is 1. The van der Waals surface area contributed by atoms with E-state index in [0.717, 1.165) is 18.4 Å². The molecule has 1 aromatic rings. The minimum Gasteiger partial charge on any atom is -0.504 e. The van der Waals surface area contributed by atoms with Crippen LogP contribution in [0.15, 0.2) is 18.2 Å². The Hall–Kier alpha value is -1.91. The van der Waals surface area contributed by atoms with Gasteiger partial charge in [-0.25, -0.2) is 4.79 Å². The van der Waals surface area contributed by atoms with E-state index < -0.39 is 0 Å². The second-order valence-corrected chi connectivity index (χ2v) is 4.97. The van der Waals surface area contributed by atoms with E-state index in [0.29, 0.717) is 31.5 Å². The Kier molecular flexibility index (Phi) is 4.71. The molecular weight excluding hydrogens is 256 g/mol. The number of benzene rings is 1. The largest absolute Gasteiger partial charge is 0.504 e. The van der Waals surface area contributed by atoms with Gasteiger partial charge in [-0.1, -0.05) is 6.07 Å². The van der Waals surface area contributed by atoms with Gasteiger partial charge in [0.25, 0.3) is 0 Å². The Balaban J connectivity index is 2.02. The summed E-state index contributed by atoms with van der Waals surface area (Å²) in [5.41, 5.74) is 0.944. The molecule has 0 aliphatic heterocycles. The number of nitrogens with zero attached hydrogens (tertiary/aromatic N) is 1. The van der Waals surface area contributed by atoms with Crippen molar-refractivity contribution in [3.8, 4) is 11.5 Å². The van der Waals surface area contributed by atoms with Gasteiger partial charge in [-0.15, -0.1) is 0 Å². The van der Waals surface area contributed by atoms with Crippen molar-refractivity contribution >= 4 is 6.03 Å². The second-order valence-electron chi connectivity index (χ2n) is 4.97. The summed E-state index contributed by atoms with van der Waals surface area (Å²) in [5.74, 6) is 0.588. The number of carbonyl (C=O) groups excluding carboxylic acids is 1. The molecule has 0 atom stereocenters. The molecule has 1 aromatic carbocycles. The molecule has 0 bridgehead atoms. The van der Waals surface area contributed by atoms with Crippen molar-refractivity contribution in [2.75, 3.05) is 13.2 Å². The number of nitrogens with one attached hydrogen (secondary N) is 1. The molecule has 2 N–H and O–H groups in total.